The number of ether oxygens (including phenoxy) is 3. The van der Waals surface area contributed by atoms with Crippen LogP contribution in [-0.2, 0) is 14.2 Å². The molecule has 2 fully saturated rings. The zero-order valence-electron chi connectivity index (χ0n) is 12.1. The molecule has 0 spiro atoms. The quantitative estimate of drug-likeness (QED) is 0.771. The first-order chi connectivity index (χ1) is 10.5. The first kappa shape index (κ1) is 13.8. The van der Waals surface area contributed by atoms with Gasteiger partial charge in [-0.25, -0.2) is 9.97 Å². The van der Waals surface area contributed by atoms with E-state index in [0.717, 1.165) is 0 Å². The van der Waals surface area contributed by atoms with Crippen molar-refractivity contribution < 1.29 is 19.3 Å². The third kappa shape index (κ3) is 1.90. The fourth-order valence-electron chi connectivity index (χ4n) is 3.08. The van der Waals surface area contributed by atoms with Gasteiger partial charge in [-0.2, -0.15) is 0 Å². The molecule has 9 heteroatoms. The number of rotatable bonds is 2. The van der Waals surface area contributed by atoms with Crippen molar-refractivity contribution in [2.75, 3.05) is 6.61 Å². The van der Waals surface area contributed by atoms with Gasteiger partial charge in [-0.1, -0.05) is 0 Å². The predicted molar refractivity (Wildman–Crippen MR) is 73.0 cm³/mol. The van der Waals surface area contributed by atoms with Gasteiger partial charge in [0.05, 0.1) is 19.3 Å². The Morgan fingerprint density at radius 2 is 2.14 bits per heavy atom. The highest BCUT2D eigenvalue weighted by Crippen LogP contribution is 2.43. The smallest absolute Gasteiger partial charge is 0.278 e. The fourth-order valence-corrected chi connectivity index (χ4v) is 3.08. The third-order valence-electron chi connectivity index (χ3n) is 3.94. The number of aromatic nitrogens is 4. The van der Waals surface area contributed by atoms with Crippen LogP contribution in [0.3, 0.4) is 0 Å². The highest BCUT2D eigenvalue weighted by Gasteiger charge is 2.55. The average molecular weight is 308 g/mol. The molecule has 22 heavy (non-hydrogen) atoms. The normalized spacial score (nSPS) is 33.4. The molecule has 0 radical (unpaired) electrons. The molecule has 2 aliphatic rings. The van der Waals surface area contributed by atoms with Crippen LogP contribution in [-0.4, -0.2) is 55.3 Å². The van der Waals surface area contributed by atoms with Gasteiger partial charge in [-0.3, -0.25) is 9.36 Å². The summed E-state index contributed by atoms with van der Waals surface area (Å²) in [4.78, 5) is 22.5. The maximum atomic E-state index is 11.8. The Morgan fingerprint density at radius 3 is 2.91 bits per heavy atom. The third-order valence-corrected chi connectivity index (χ3v) is 3.94. The number of hydrogen-bond acceptors (Lipinski definition) is 7. The lowest BCUT2D eigenvalue weighted by Crippen LogP contribution is -2.31. The number of nitrogens with one attached hydrogen (secondary N) is 1. The van der Waals surface area contributed by atoms with Gasteiger partial charge in [0.1, 0.15) is 18.3 Å². The lowest BCUT2D eigenvalue weighted by atomic mass is 10.1. The number of imidazole rings is 1. The number of aromatic amines is 1. The minimum absolute atomic E-state index is 0.183. The molecule has 4 atom stereocenters. The molecular weight excluding hydrogens is 292 g/mol. The van der Waals surface area contributed by atoms with Crippen LogP contribution in [0.5, 0.6) is 0 Å². The van der Waals surface area contributed by atoms with Crippen LogP contribution in [0.1, 0.15) is 20.1 Å². The Hall–Kier alpha value is -1.81. The summed E-state index contributed by atoms with van der Waals surface area (Å²) in [6, 6.07) is 0. The van der Waals surface area contributed by atoms with Crippen molar-refractivity contribution >= 4 is 11.2 Å². The molecule has 0 aliphatic carbocycles. The molecule has 9 nitrogen and oxygen atoms in total. The predicted octanol–water partition coefficient (Wildman–Crippen LogP) is -0.471. The summed E-state index contributed by atoms with van der Waals surface area (Å²) in [5, 5.41) is 9.50. The molecule has 0 aromatic carbocycles. The van der Waals surface area contributed by atoms with Gasteiger partial charge in [0.15, 0.2) is 23.2 Å². The SMILES string of the molecule is CC1(C)O[C@@H]2[C@@H](O1)[C@H](n1cnc3c(=O)[nH]cnc31)O[C@H]2CO. The van der Waals surface area contributed by atoms with Gasteiger partial charge in [-0.05, 0) is 13.8 Å². The summed E-state index contributed by atoms with van der Waals surface area (Å²) in [5.41, 5.74) is 0.314. The van der Waals surface area contributed by atoms with Gasteiger partial charge in [0.25, 0.3) is 5.56 Å². The van der Waals surface area contributed by atoms with Crippen molar-refractivity contribution in [2.45, 2.75) is 44.2 Å². The van der Waals surface area contributed by atoms with Gasteiger partial charge >= 0.3 is 0 Å². The minimum atomic E-state index is -0.758. The topological polar surface area (TPSA) is 111 Å². The van der Waals surface area contributed by atoms with Crippen molar-refractivity contribution in [1.82, 2.24) is 19.5 Å². The minimum Gasteiger partial charge on any atom is -0.394 e. The van der Waals surface area contributed by atoms with Gasteiger partial charge in [0.2, 0.25) is 0 Å². The van der Waals surface area contributed by atoms with Gasteiger partial charge in [-0.15, -0.1) is 0 Å². The van der Waals surface area contributed by atoms with E-state index in [1.165, 1.54) is 12.7 Å². The zero-order valence-corrected chi connectivity index (χ0v) is 12.1. The highest BCUT2D eigenvalue weighted by molar-refractivity contribution is 5.68. The molecule has 0 bridgehead atoms. The fraction of sp³-hybridized carbons (Fsp3) is 0.615. The number of fused-ring (bicyclic) bond motifs is 2. The Kier molecular flexibility index (Phi) is 2.89. The summed E-state index contributed by atoms with van der Waals surface area (Å²) in [6.07, 6.45) is 0.937. The monoisotopic (exact) mass is 308 g/mol. The van der Waals surface area contributed by atoms with Gasteiger partial charge < -0.3 is 24.3 Å². The van der Waals surface area contributed by atoms with Crippen LogP contribution < -0.4 is 5.56 Å². The Morgan fingerprint density at radius 1 is 1.36 bits per heavy atom. The van der Waals surface area contributed by atoms with Gasteiger partial charge in [0, 0.05) is 0 Å². The number of nitrogens with zero attached hydrogens (tertiary/aromatic N) is 3. The van der Waals surface area contributed by atoms with Crippen molar-refractivity contribution in [2.24, 2.45) is 0 Å². The number of H-pyrrole nitrogens is 1. The summed E-state index contributed by atoms with van der Waals surface area (Å²) in [7, 11) is 0. The van der Waals surface area contributed by atoms with E-state index < -0.39 is 24.2 Å². The zero-order chi connectivity index (χ0) is 15.5. The average Bonchev–Trinajstić information content (AvgIpc) is 3.10. The Labute approximate surface area is 124 Å². The van der Waals surface area contributed by atoms with E-state index in [1.54, 1.807) is 4.57 Å². The largest absolute Gasteiger partial charge is 0.394 e. The second kappa shape index (κ2) is 4.59. The molecule has 118 valence electrons. The maximum Gasteiger partial charge on any atom is 0.278 e. The molecule has 2 N–H and O–H groups in total. The lowest BCUT2D eigenvalue weighted by molar-refractivity contribution is -0.199. The summed E-state index contributed by atoms with van der Waals surface area (Å²) in [5.74, 6) is -0.758. The molecular formula is C13H16N4O5. The van der Waals surface area contributed by atoms with E-state index in [2.05, 4.69) is 15.0 Å². The number of aliphatic hydroxyl groups excluding tert-OH is 1. The molecule has 2 aromatic rings. The van der Waals surface area contributed by atoms with E-state index in [9.17, 15) is 9.90 Å². The van der Waals surface area contributed by atoms with E-state index in [-0.39, 0.29) is 23.8 Å². The molecule has 0 amide bonds. The number of aliphatic hydroxyl groups is 1. The van der Waals surface area contributed by atoms with Crippen molar-refractivity contribution in [3.05, 3.63) is 23.0 Å². The lowest BCUT2D eigenvalue weighted by Gasteiger charge is -2.24. The highest BCUT2D eigenvalue weighted by atomic mass is 16.8. The van der Waals surface area contributed by atoms with E-state index in [1.807, 2.05) is 13.8 Å². The van der Waals surface area contributed by atoms with Crippen molar-refractivity contribution in [3.8, 4) is 0 Å². The molecule has 4 rings (SSSR count). The molecule has 0 unspecified atom stereocenters. The standard InChI is InChI=1S/C13H16N4O5/c1-13(2)21-8-6(3-18)20-12(9(8)22-13)17-5-16-7-10(17)14-4-15-11(7)19/h4-6,8-9,12,18H,3H2,1-2H3,(H,14,15,19)/t6-,8-,9+,12+/m0/s1. The molecule has 4 heterocycles. The van der Waals surface area contributed by atoms with Crippen LogP contribution in [0, 0.1) is 0 Å². The Bertz CT molecular complexity index is 769. The van der Waals surface area contributed by atoms with E-state index in [0.29, 0.717) is 5.65 Å². The van der Waals surface area contributed by atoms with Crippen molar-refractivity contribution in [3.63, 3.8) is 0 Å². The van der Waals surface area contributed by atoms with Crippen LogP contribution >= 0.6 is 0 Å². The summed E-state index contributed by atoms with van der Waals surface area (Å²) in [6.45, 7) is 3.44. The maximum absolute atomic E-state index is 11.8. The second-order valence-corrected chi connectivity index (χ2v) is 5.87. The van der Waals surface area contributed by atoms with Crippen LogP contribution in [0.25, 0.3) is 11.2 Å². The second-order valence-electron chi connectivity index (χ2n) is 5.87. The molecule has 2 aromatic heterocycles. The molecule has 2 aliphatic heterocycles. The summed E-state index contributed by atoms with van der Waals surface area (Å²) >= 11 is 0. The molecule has 2 saturated heterocycles. The van der Waals surface area contributed by atoms with Crippen LogP contribution in [0.15, 0.2) is 17.4 Å². The van der Waals surface area contributed by atoms with Crippen LogP contribution in [0.4, 0.5) is 0 Å². The molecule has 0 saturated carbocycles. The Balaban J connectivity index is 1.78. The van der Waals surface area contributed by atoms with Crippen molar-refractivity contribution in [1.29, 1.82) is 0 Å². The van der Waals surface area contributed by atoms with E-state index in [4.69, 9.17) is 14.2 Å². The first-order valence-corrected chi connectivity index (χ1v) is 7.02. The van der Waals surface area contributed by atoms with Crippen LogP contribution in [0.2, 0.25) is 0 Å². The first-order valence-electron chi connectivity index (χ1n) is 7.02. The number of hydrogen-bond donors (Lipinski definition) is 2. The summed E-state index contributed by atoms with van der Waals surface area (Å²) < 4.78 is 19.2. The van der Waals surface area contributed by atoms with E-state index >= 15 is 0 Å².